The summed E-state index contributed by atoms with van der Waals surface area (Å²) in [5, 5.41) is 6.51. The SMILES string of the molecule is COc1ccc(C(C)(C)C(=O)NCCC2CCCNC2)cc1OC.Cl. The van der Waals surface area contributed by atoms with Gasteiger partial charge in [-0.05, 0) is 69.8 Å². The van der Waals surface area contributed by atoms with E-state index in [-0.39, 0.29) is 18.3 Å². The van der Waals surface area contributed by atoms with Gasteiger partial charge in [-0.15, -0.1) is 12.4 Å². The van der Waals surface area contributed by atoms with Gasteiger partial charge >= 0.3 is 0 Å². The van der Waals surface area contributed by atoms with E-state index in [0.29, 0.717) is 17.4 Å². The standard InChI is InChI=1S/C19H30N2O3.ClH/c1-19(2,15-7-8-16(23-3)17(12-15)24-4)18(22)21-11-9-14-6-5-10-20-13-14;/h7-8,12,14,20H,5-6,9-11,13H2,1-4H3,(H,21,22);1H. The normalized spacial score (nSPS) is 17.4. The van der Waals surface area contributed by atoms with Crippen molar-refractivity contribution in [2.24, 2.45) is 5.92 Å². The van der Waals surface area contributed by atoms with Gasteiger partial charge in [0.1, 0.15) is 0 Å². The zero-order chi connectivity index (χ0) is 17.6. The van der Waals surface area contributed by atoms with Gasteiger partial charge in [0.25, 0.3) is 0 Å². The molecule has 0 saturated carbocycles. The van der Waals surface area contributed by atoms with Gasteiger partial charge in [0.15, 0.2) is 11.5 Å². The number of methoxy groups -OCH3 is 2. The van der Waals surface area contributed by atoms with E-state index < -0.39 is 5.41 Å². The second-order valence-electron chi connectivity index (χ2n) is 6.95. The van der Waals surface area contributed by atoms with Crippen LogP contribution in [0.5, 0.6) is 11.5 Å². The molecule has 1 aromatic carbocycles. The highest BCUT2D eigenvalue weighted by Crippen LogP contribution is 2.33. The Morgan fingerprint density at radius 2 is 2.00 bits per heavy atom. The Morgan fingerprint density at radius 3 is 2.60 bits per heavy atom. The topological polar surface area (TPSA) is 59.6 Å². The average molecular weight is 371 g/mol. The largest absolute Gasteiger partial charge is 0.493 e. The molecule has 1 aliphatic heterocycles. The number of ether oxygens (including phenoxy) is 2. The van der Waals surface area contributed by atoms with E-state index in [1.54, 1.807) is 14.2 Å². The van der Waals surface area contributed by atoms with Gasteiger partial charge in [0.05, 0.1) is 19.6 Å². The average Bonchev–Trinajstić information content (AvgIpc) is 2.61. The fourth-order valence-corrected chi connectivity index (χ4v) is 3.14. The Balaban J connectivity index is 0.00000312. The molecule has 0 bridgehead atoms. The molecule has 0 radical (unpaired) electrons. The summed E-state index contributed by atoms with van der Waals surface area (Å²) in [5.41, 5.74) is 0.293. The Hall–Kier alpha value is -1.46. The van der Waals surface area contributed by atoms with Gasteiger partial charge in [-0.3, -0.25) is 4.79 Å². The van der Waals surface area contributed by atoms with Gasteiger partial charge in [0.2, 0.25) is 5.91 Å². The van der Waals surface area contributed by atoms with Crippen LogP contribution in [0.25, 0.3) is 0 Å². The van der Waals surface area contributed by atoms with E-state index in [1.807, 2.05) is 32.0 Å². The van der Waals surface area contributed by atoms with E-state index in [2.05, 4.69) is 10.6 Å². The minimum absolute atomic E-state index is 0. The van der Waals surface area contributed by atoms with E-state index in [4.69, 9.17) is 9.47 Å². The number of carbonyl (C=O) groups excluding carboxylic acids is 1. The quantitative estimate of drug-likeness (QED) is 0.774. The first kappa shape index (κ1) is 21.6. The van der Waals surface area contributed by atoms with E-state index in [0.717, 1.165) is 31.6 Å². The molecule has 1 unspecified atom stereocenters. The predicted octanol–water partition coefficient (Wildman–Crippen LogP) is 2.91. The third-order valence-corrected chi connectivity index (χ3v) is 4.91. The maximum Gasteiger partial charge on any atom is 0.230 e. The number of nitrogens with one attached hydrogen (secondary N) is 2. The maximum atomic E-state index is 12.7. The van der Waals surface area contributed by atoms with Crippen LogP contribution in [0.4, 0.5) is 0 Å². The molecular formula is C19H31ClN2O3. The van der Waals surface area contributed by atoms with Crippen molar-refractivity contribution in [1.29, 1.82) is 0 Å². The first-order valence-corrected chi connectivity index (χ1v) is 8.70. The zero-order valence-corrected chi connectivity index (χ0v) is 16.5. The monoisotopic (exact) mass is 370 g/mol. The number of halogens is 1. The van der Waals surface area contributed by atoms with Crippen molar-refractivity contribution in [3.05, 3.63) is 23.8 Å². The minimum Gasteiger partial charge on any atom is -0.493 e. The Morgan fingerprint density at radius 1 is 1.28 bits per heavy atom. The fourth-order valence-electron chi connectivity index (χ4n) is 3.14. The molecule has 2 rings (SSSR count). The summed E-state index contributed by atoms with van der Waals surface area (Å²) in [6.45, 7) is 6.78. The van der Waals surface area contributed by atoms with Crippen molar-refractivity contribution in [2.75, 3.05) is 33.9 Å². The lowest BCUT2D eigenvalue weighted by Gasteiger charge is -2.27. The molecule has 0 aliphatic carbocycles. The third kappa shape index (κ3) is 5.51. The first-order chi connectivity index (χ1) is 11.5. The minimum atomic E-state index is -0.621. The van der Waals surface area contributed by atoms with Gasteiger partial charge in [-0.25, -0.2) is 0 Å². The van der Waals surface area contributed by atoms with Crippen molar-refractivity contribution in [2.45, 2.75) is 38.5 Å². The highest BCUT2D eigenvalue weighted by Gasteiger charge is 2.30. The van der Waals surface area contributed by atoms with Crippen LogP contribution in [0.15, 0.2) is 18.2 Å². The van der Waals surface area contributed by atoms with Gasteiger partial charge in [-0.2, -0.15) is 0 Å². The number of piperidine rings is 1. The third-order valence-electron chi connectivity index (χ3n) is 4.91. The fraction of sp³-hybridized carbons (Fsp3) is 0.632. The zero-order valence-electron chi connectivity index (χ0n) is 15.7. The Labute approximate surface area is 157 Å². The molecule has 5 nitrogen and oxygen atoms in total. The molecule has 1 saturated heterocycles. The van der Waals surface area contributed by atoms with Gasteiger partial charge in [-0.1, -0.05) is 6.07 Å². The van der Waals surface area contributed by atoms with Crippen LogP contribution in [0.2, 0.25) is 0 Å². The van der Waals surface area contributed by atoms with Crippen molar-refractivity contribution in [3.63, 3.8) is 0 Å². The van der Waals surface area contributed by atoms with Crippen molar-refractivity contribution in [1.82, 2.24) is 10.6 Å². The summed E-state index contributed by atoms with van der Waals surface area (Å²) in [5.74, 6) is 2.02. The summed E-state index contributed by atoms with van der Waals surface area (Å²) < 4.78 is 10.6. The lowest BCUT2D eigenvalue weighted by Crippen LogP contribution is -2.41. The van der Waals surface area contributed by atoms with Crippen LogP contribution in [-0.4, -0.2) is 39.8 Å². The maximum absolute atomic E-state index is 12.7. The number of carbonyl (C=O) groups is 1. The molecule has 6 heteroatoms. The Kier molecular flexibility index (Phi) is 8.53. The van der Waals surface area contributed by atoms with Crippen LogP contribution in [0.3, 0.4) is 0 Å². The molecule has 2 N–H and O–H groups in total. The van der Waals surface area contributed by atoms with Crippen LogP contribution in [-0.2, 0) is 10.2 Å². The number of hydrogen-bond acceptors (Lipinski definition) is 4. The summed E-state index contributed by atoms with van der Waals surface area (Å²) in [6, 6.07) is 5.65. The molecule has 1 heterocycles. The first-order valence-electron chi connectivity index (χ1n) is 8.70. The van der Waals surface area contributed by atoms with E-state index in [1.165, 1.54) is 12.8 Å². The molecule has 0 aromatic heterocycles. The number of hydrogen-bond donors (Lipinski definition) is 2. The summed E-state index contributed by atoms with van der Waals surface area (Å²) >= 11 is 0. The second kappa shape index (κ2) is 9.88. The van der Waals surface area contributed by atoms with Crippen LogP contribution in [0, 0.1) is 5.92 Å². The number of amides is 1. The van der Waals surface area contributed by atoms with Crippen LogP contribution in [0.1, 0.15) is 38.7 Å². The summed E-state index contributed by atoms with van der Waals surface area (Å²) in [7, 11) is 3.21. The van der Waals surface area contributed by atoms with Crippen LogP contribution >= 0.6 is 12.4 Å². The Bertz CT molecular complexity index is 558. The molecular weight excluding hydrogens is 340 g/mol. The van der Waals surface area contributed by atoms with Crippen molar-refractivity contribution in [3.8, 4) is 11.5 Å². The summed E-state index contributed by atoms with van der Waals surface area (Å²) in [6.07, 6.45) is 3.51. The van der Waals surface area contributed by atoms with Crippen molar-refractivity contribution >= 4 is 18.3 Å². The summed E-state index contributed by atoms with van der Waals surface area (Å²) in [4.78, 5) is 12.7. The van der Waals surface area contributed by atoms with E-state index >= 15 is 0 Å². The molecule has 1 amide bonds. The number of rotatable bonds is 7. The lowest BCUT2D eigenvalue weighted by molar-refractivity contribution is -0.125. The highest BCUT2D eigenvalue weighted by molar-refractivity contribution is 5.87. The molecule has 1 aliphatic rings. The highest BCUT2D eigenvalue weighted by atomic mass is 35.5. The van der Waals surface area contributed by atoms with Gasteiger partial charge in [0, 0.05) is 6.54 Å². The molecule has 142 valence electrons. The predicted molar refractivity (Wildman–Crippen MR) is 103 cm³/mol. The van der Waals surface area contributed by atoms with Crippen molar-refractivity contribution < 1.29 is 14.3 Å². The molecule has 1 fully saturated rings. The van der Waals surface area contributed by atoms with Crippen LogP contribution < -0.4 is 20.1 Å². The van der Waals surface area contributed by atoms with E-state index in [9.17, 15) is 4.79 Å². The molecule has 25 heavy (non-hydrogen) atoms. The molecule has 0 spiro atoms. The number of benzene rings is 1. The smallest absolute Gasteiger partial charge is 0.230 e. The molecule has 1 atom stereocenters. The lowest BCUT2D eigenvalue weighted by atomic mass is 9.83. The second-order valence-corrected chi connectivity index (χ2v) is 6.95. The molecule has 1 aromatic rings. The van der Waals surface area contributed by atoms with Gasteiger partial charge < -0.3 is 20.1 Å².